The maximum atomic E-state index is 6.22. The van der Waals surface area contributed by atoms with Crippen molar-refractivity contribution in [2.75, 3.05) is 31.6 Å². The number of hydrazine groups is 1. The van der Waals surface area contributed by atoms with Crippen LogP contribution in [0.1, 0.15) is 78.2 Å². The predicted molar refractivity (Wildman–Crippen MR) is 125 cm³/mol. The van der Waals surface area contributed by atoms with E-state index in [9.17, 15) is 0 Å². The molecule has 0 amide bonds. The third-order valence-corrected chi connectivity index (χ3v) is 6.36. The maximum Gasteiger partial charge on any atom is 0.226 e. The van der Waals surface area contributed by atoms with Crippen LogP contribution in [0.15, 0.2) is 6.33 Å². The first-order chi connectivity index (χ1) is 14.7. The fourth-order valence-corrected chi connectivity index (χ4v) is 4.72. The molecule has 1 saturated carbocycles. The Balaban J connectivity index is 0.000000461. The molecule has 2 fully saturated rings. The van der Waals surface area contributed by atoms with Gasteiger partial charge in [-0.25, -0.2) is 9.99 Å². The van der Waals surface area contributed by atoms with Gasteiger partial charge in [0.2, 0.25) is 5.28 Å². The zero-order valence-electron chi connectivity index (χ0n) is 18.8. The predicted octanol–water partition coefficient (Wildman–Crippen LogP) is 5.05. The van der Waals surface area contributed by atoms with Gasteiger partial charge in [-0.15, -0.1) is 0 Å². The second-order valence-electron chi connectivity index (χ2n) is 8.39. The van der Waals surface area contributed by atoms with Crippen LogP contribution >= 0.6 is 11.6 Å². The lowest BCUT2D eigenvalue weighted by Gasteiger charge is -2.32. The number of aromatic nitrogens is 4. The van der Waals surface area contributed by atoms with Crippen molar-refractivity contribution in [1.29, 1.82) is 0 Å². The quantitative estimate of drug-likeness (QED) is 0.593. The molecule has 2 N–H and O–H groups in total. The highest BCUT2D eigenvalue weighted by atomic mass is 35.5. The molecule has 0 radical (unpaired) electrons. The van der Waals surface area contributed by atoms with Crippen LogP contribution in [0, 0.1) is 5.92 Å². The third kappa shape index (κ3) is 6.05. The summed E-state index contributed by atoms with van der Waals surface area (Å²) in [5.74, 6) is 1.60. The second kappa shape index (κ2) is 11.8. The molecule has 0 bridgehead atoms. The van der Waals surface area contributed by atoms with Crippen molar-refractivity contribution in [2.45, 2.75) is 78.2 Å². The zero-order chi connectivity index (χ0) is 21.3. The Hall–Kier alpha value is -1.44. The standard InChI is InChI=1S/C18H27ClN6.C4H11N/c1-2-5-13-8-10-24(11-9-13)23-16-15-17(22-18(19)21-16)25(12-20-15)14-6-3-4-7-14;1-3-5-4-2/h12-14H,2-11H2,1H3,(H,21,22,23);5H,3-4H2,1-2H3. The number of hydrogen-bond donors (Lipinski definition) is 2. The maximum absolute atomic E-state index is 6.22. The average molecular weight is 436 g/mol. The molecular formula is C22H38ClN7. The monoisotopic (exact) mass is 435 g/mol. The Labute approximate surface area is 186 Å². The number of rotatable bonds is 7. The van der Waals surface area contributed by atoms with Gasteiger partial charge in [-0.05, 0) is 56.3 Å². The molecule has 30 heavy (non-hydrogen) atoms. The summed E-state index contributed by atoms with van der Waals surface area (Å²) in [7, 11) is 0. The molecule has 1 saturated heterocycles. The van der Waals surface area contributed by atoms with E-state index in [2.05, 4.69) is 56.0 Å². The summed E-state index contributed by atoms with van der Waals surface area (Å²) < 4.78 is 2.19. The van der Waals surface area contributed by atoms with Crippen LogP contribution in [0.3, 0.4) is 0 Å². The van der Waals surface area contributed by atoms with Crippen LogP contribution in [-0.4, -0.2) is 50.7 Å². The Bertz CT molecular complexity index is 762. The van der Waals surface area contributed by atoms with Crippen LogP contribution in [0.25, 0.3) is 11.2 Å². The number of piperidine rings is 1. The van der Waals surface area contributed by atoms with Gasteiger partial charge in [0.15, 0.2) is 17.0 Å². The fourth-order valence-electron chi connectivity index (χ4n) is 4.56. The van der Waals surface area contributed by atoms with Crippen molar-refractivity contribution >= 4 is 28.6 Å². The summed E-state index contributed by atoms with van der Waals surface area (Å²) in [5, 5.41) is 5.65. The molecule has 0 aromatic carbocycles. The topological polar surface area (TPSA) is 70.9 Å². The Morgan fingerprint density at radius 1 is 1.03 bits per heavy atom. The van der Waals surface area contributed by atoms with E-state index in [4.69, 9.17) is 11.6 Å². The molecule has 0 unspecified atom stereocenters. The van der Waals surface area contributed by atoms with Crippen molar-refractivity contribution in [3.63, 3.8) is 0 Å². The SMILES string of the molecule is CCCC1CCN(Nc2nc(Cl)nc3c2ncn3C2CCCC2)CC1.CCNCC. The van der Waals surface area contributed by atoms with E-state index >= 15 is 0 Å². The lowest BCUT2D eigenvalue weighted by Crippen LogP contribution is -2.38. The number of halogens is 1. The smallest absolute Gasteiger partial charge is 0.226 e. The molecular weight excluding hydrogens is 398 g/mol. The van der Waals surface area contributed by atoms with Gasteiger partial charge in [-0.2, -0.15) is 9.97 Å². The van der Waals surface area contributed by atoms with Crippen molar-refractivity contribution in [3.05, 3.63) is 11.6 Å². The van der Waals surface area contributed by atoms with E-state index < -0.39 is 0 Å². The molecule has 0 atom stereocenters. The molecule has 2 aromatic heterocycles. The van der Waals surface area contributed by atoms with Gasteiger partial charge in [-0.3, -0.25) is 0 Å². The zero-order valence-corrected chi connectivity index (χ0v) is 19.6. The van der Waals surface area contributed by atoms with Gasteiger partial charge in [0.05, 0.1) is 6.33 Å². The van der Waals surface area contributed by atoms with Crippen molar-refractivity contribution in [2.24, 2.45) is 5.92 Å². The molecule has 3 heterocycles. The first kappa shape index (κ1) is 23.2. The fraction of sp³-hybridized carbons (Fsp3) is 0.773. The summed E-state index contributed by atoms with van der Waals surface area (Å²) in [6, 6.07) is 0.494. The summed E-state index contributed by atoms with van der Waals surface area (Å²) in [6.07, 6.45) is 11.9. The van der Waals surface area contributed by atoms with Crippen molar-refractivity contribution in [1.82, 2.24) is 29.8 Å². The number of nitrogens with one attached hydrogen (secondary N) is 2. The first-order valence-corrected chi connectivity index (χ1v) is 12.2. The molecule has 0 spiro atoms. The second-order valence-corrected chi connectivity index (χ2v) is 8.73. The summed E-state index contributed by atoms with van der Waals surface area (Å²) in [4.78, 5) is 13.5. The van der Waals surface area contributed by atoms with Gasteiger partial charge in [0.1, 0.15) is 0 Å². The van der Waals surface area contributed by atoms with Crippen LogP contribution in [0.4, 0.5) is 5.82 Å². The highest BCUT2D eigenvalue weighted by molar-refractivity contribution is 6.28. The van der Waals surface area contributed by atoms with Crippen LogP contribution < -0.4 is 10.7 Å². The molecule has 7 nitrogen and oxygen atoms in total. The summed E-state index contributed by atoms with van der Waals surface area (Å²) >= 11 is 6.22. The number of imidazole rings is 1. The van der Waals surface area contributed by atoms with E-state index in [1.54, 1.807) is 0 Å². The van der Waals surface area contributed by atoms with E-state index in [0.717, 1.165) is 49.1 Å². The highest BCUT2D eigenvalue weighted by Gasteiger charge is 2.23. The lowest BCUT2D eigenvalue weighted by atomic mass is 9.93. The molecule has 4 rings (SSSR count). The Kier molecular flexibility index (Phi) is 9.15. The number of hydrogen-bond acceptors (Lipinski definition) is 6. The highest BCUT2D eigenvalue weighted by Crippen LogP contribution is 2.33. The molecule has 1 aliphatic heterocycles. The van der Waals surface area contributed by atoms with E-state index in [1.807, 2.05) is 6.33 Å². The van der Waals surface area contributed by atoms with Crippen LogP contribution in [0.2, 0.25) is 5.28 Å². The third-order valence-electron chi connectivity index (χ3n) is 6.19. The normalized spacial score (nSPS) is 18.5. The Morgan fingerprint density at radius 3 is 2.33 bits per heavy atom. The number of nitrogens with zero attached hydrogens (tertiary/aromatic N) is 5. The Morgan fingerprint density at radius 2 is 1.73 bits per heavy atom. The number of fused-ring (bicyclic) bond motifs is 1. The largest absolute Gasteiger partial charge is 0.317 e. The minimum atomic E-state index is 0.288. The molecule has 1 aliphatic carbocycles. The minimum absolute atomic E-state index is 0.288. The van der Waals surface area contributed by atoms with Gasteiger partial charge >= 0.3 is 0 Å². The molecule has 168 valence electrons. The van der Waals surface area contributed by atoms with E-state index in [0.29, 0.717) is 6.04 Å². The molecule has 2 aliphatic rings. The van der Waals surface area contributed by atoms with E-state index in [1.165, 1.54) is 51.4 Å². The molecule has 8 heteroatoms. The van der Waals surface area contributed by atoms with Crippen LogP contribution in [-0.2, 0) is 0 Å². The van der Waals surface area contributed by atoms with Gasteiger partial charge in [0.25, 0.3) is 0 Å². The molecule has 2 aromatic rings. The first-order valence-electron chi connectivity index (χ1n) is 11.8. The number of anilines is 1. The van der Waals surface area contributed by atoms with Gasteiger partial charge < -0.3 is 15.3 Å². The van der Waals surface area contributed by atoms with Gasteiger partial charge in [-0.1, -0.05) is 46.5 Å². The summed E-state index contributed by atoms with van der Waals surface area (Å²) in [5.41, 5.74) is 5.14. The van der Waals surface area contributed by atoms with Crippen LogP contribution in [0.5, 0.6) is 0 Å². The van der Waals surface area contributed by atoms with Crippen molar-refractivity contribution in [3.8, 4) is 0 Å². The van der Waals surface area contributed by atoms with E-state index in [-0.39, 0.29) is 5.28 Å². The summed E-state index contributed by atoms with van der Waals surface area (Å²) in [6.45, 7) is 10.7. The lowest BCUT2D eigenvalue weighted by molar-refractivity contribution is 0.209. The van der Waals surface area contributed by atoms with Gasteiger partial charge in [0, 0.05) is 19.1 Å². The minimum Gasteiger partial charge on any atom is -0.317 e. The average Bonchev–Trinajstić information content (AvgIpc) is 3.40. The van der Waals surface area contributed by atoms with Crippen molar-refractivity contribution < 1.29 is 0 Å².